The summed E-state index contributed by atoms with van der Waals surface area (Å²) in [5, 5.41) is 12.9. The first-order valence-corrected chi connectivity index (χ1v) is 8.07. The third kappa shape index (κ3) is 1.60. The number of hydrogen-bond donors (Lipinski definition) is 0. The Morgan fingerprint density at radius 2 is 2.26 bits per heavy atom. The summed E-state index contributed by atoms with van der Waals surface area (Å²) in [6.07, 6.45) is 3.05. The molecule has 98 valence electrons. The van der Waals surface area contributed by atoms with Gasteiger partial charge in [-0.25, -0.2) is 4.98 Å². The van der Waals surface area contributed by atoms with E-state index in [1.807, 2.05) is 10.8 Å². The highest BCUT2D eigenvalue weighted by molar-refractivity contribution is 7.98. The van der Waals surface area contributed by atoms with E-state index in [2.05, 4.69) is 27.5 Å². The second-order valence-corrected chi connectivity index (χ2v) is 6.56. The zero-order valence-electron chi connectivity index (χ0n) is 10.6. The number of rotatable bonds is 1. The molecule has 4 heterocycles. The molecule has 3 aromatic rings. The highest BCUT2D eigenvalue weighted by Gasteiger charge is 2.23. The molecule has 19 heavy (non-hydrogen) atoms. The predicted octanol–water partition coefficient (Wildman–Crippen LogP) is 1.44. The SMILES string of the molecule is CSc1nc2sc3c(c2n2nnnc12)CCN(C)C3. The molecule has 0 fully saturated rings. The molecule has 1 aliphatic rings. The number of thioether (sulfide) groups is 1. The smallest absolute Gasteiger partial charge is 0.212 e. The fourth-order valence-corrected chi connectivity index (χ4v) is 4.38. The van der Waals surface area contributed by atoms with Crippen molar-refractivity contribution >= 4 is 39.1 Å². The summed E-state index contributed by atoms with van der Waals surface area (Å²) >= 11 is 3.35. The molecule has 0 unspecified atom stereocenters. The van der Waals surface area contributed by atoms with Crippen LogP contribution in [0.25, 0.3) is 16.0 Å². The number of likely N-dealkylation sites (N-methyl/N-ethyl adjacent to an activating group) is 1. The molecular formula is C11H12N6S2. The normalized spacial score (nSPS) is 16.3. The number of nitrogens with zero attached hydrogens (tertiary/aromatic N) is 6. The molecule has 0 bridgehead atoms. The lowest BCUT2D eigenvalue weighted by molar-refractivity contribution is 0.317. The van der Waals surface area contributed by atoms with Crippen molar-refractivity contribution in [1.82, 2.24) is 29.9 Å². The molecule has 0 atom stereocenters. The van der Waals surface area contributed by atoms with E-state index in [1.165, 1.54) is 10.4 Å². The number of aromatic nitrogens is 5. The molecule has 0 N–H and O–H groups in total. The van der Waals surface area contributed by atoms with Crippen LogP contribution in [-0.2, 0) is 13.0 Å². The van der Waals surface area contributed by atoms with Crippen molar-refractivity contribution in [3.8, 4) is 0 Å². The summed E-state index contributed by atoms with van der Waals surface area (Å²) in [6.45, 7) is 2.07. The van der Waals surface area contributed by atoms with E-state index in [1.54, 1.807) is 23.1 Å². The van der Waals surface area contributed by atoms with Gasteiger partial charge in [0.25, 0.3) is 0 Å². The minimum absolute atomic E-state index is 0.763. The maximum Gasteiger partial charge on any atom is 0.212 e. The van der Waals surface area contributed by atoms with Crippen LogP contribution in [0.5, 0.6) is 0 Å². The molecular weight excluding hydrogens is 280 g/mol. The van der Waals surface area contributed by atoms with Gasteiger partial charge in [0.05, 0.1) is 0 Å². The Kier molecular flexibility index (Phi) is 2.51. The van der Waals surface area contributed by atoms with Crippen molar-refractivity contribution in [2.24, 2.45) is 0 Å². The van der Waals surface area contributed by atoms with Gasteiger partial charge in [-0.15, -0.1) is 28.2 Å². The maximum absolute atomic E-state index is 4.72. The number of tetrazole rings is 1. The lowest BCUT2D eigenvalue weighted by Crippen LogP contribution is -2.25. The molecule has 0 aliphatic carbocycles. The molecule has 6 nitrogen and oxygen atoms in total. The minimum Gasteiger partial charge on any atom is -0.301 e. The molecule has 8 heteroatoms. The van der Waals surface area contributed by atoms with E-state index in [0.29, 0.717) is 0 Å². The average molecular weight is 292 g/mol. The summed E-state index contributed by atoms with van der Waals surface area (Å²) in [5.41, 5.74) is 3.24. The van der Waals surface area contributed by atoms with Gasteiger partial charge in [-0.3, -0.25) is 0 Å². The van der Waals surface area contributed by atoms with Crippen molar-refractivity contribution < 1.29 is 0 Å². The Hall–Kier alpha value is -1.25. The zero-order valence-corrected chi connectivity index (χ0v) is 12.3. The highest BCUT2D eigenvalue weighted by Crippen LogP contribution is 2.35. The van der Waals surface area contributed by atoms with E-state index < -0.39 is 0 Å². The summed E-state index contributed by atoms with van der Waals surface area (Å²) in [6, 6.07) is 0. The molecule has 0 amide bonds. The maximum atomic E-state index is 4.72. The van der Waals surface area contributed by atoms with Crippen LogP contribution in [-0.4, -0.2) is 49.8 Å². The molecule has 1 aliphatic heterocycles. The number of thiophene rings is 1. The summed E-state index contributed by atoms with van der Waals surface area (Å²) in [4.78, 5) is 9.50. The van der Waals surface area contributed by atoms with Gasteiger partial charge in [-0.2, -0.15) is 4.52 Å². The molecule has 0 radical (unpaired) electrons. The second-order valence-electron chi connectivity index (χ2n) is 4.68. The fraction of sp³-hybridized carbons (Fsp3) is 0.455. The van der Waals surface area contributed by atoms with Crippen LogP contribution in [0, 0.1) is 0 Å². The third-order valence-corrected chi connectivity index (χ3v) is 5.23. The lowest BCUT2D eigenvalue weighted by atomic mass is 10.1. The molecule has 0 spiro atoms. The second kappa shape index (κ2) is 4.12. The largest absolute Gasteiger partial charge is 0.301 e. The van der Waals surface area contributed by atoms with Crippen LogP contribution >= 0.6 is 23.1 Å². The van der Waals surface area contributed by atoms with Crippen LogP contribution in [0.4, 0.5) is 0 Å². The Balaban J connectivity index is 2.11. The van der Waals surface area contributed by atoms with Crippen LogP contribution in [0.3, 0.4) is 0 Å². The van der Waals surface area contributed by atoms with E-state index in [9.17, 15) is 0 Å². The van der Waals surface area contributed by atoms with Crippen molar-refractivity contribution in [3.63, 3.8) is 0 Å². The van der Waals surface area contributed by atoms with Gasteiger partial charge in [0.2, 0.25) is 5.65 Å². The Bertz CT molecular complexity index is 776. The van der Waals surface area contributed by atoms with Crippen molar-refractivity contribution in [2.75, 3.05) is 19.8 Å². The summed E-state index contributed by atoms with van der Waals surface area (Å²) < 4.78 is 1.86. The predicted molar refractivity (Wildman–Crippen MR) is 75.8 cm³/mol. The standard InChI is InChI=1S/C11H12N6S2/c1-16-4-3-6-7(5-16)19-10-8(6)17-9(13-14-15-17)11(12-10)18-2/h3-5H2,1-2H3. The van der Waals surface area contributed by atoms with E-state index in [-0.39, 0.29) is 0 Å². The summed E-state index contributed by atoms with van der Waals surface area (Å²) in [5.74, 6) is 0. The van der Waals surface area contributed by atoms with Crippen molar-refractivity contribution in [3.05, 3.63) is 10.4 Å². The minimum atomic E-state index is 0.763. The molecule has 0 saturated heterocycles. The Labute approximate surface area is 117 Å². The molecule has 3 aromatic heterocycles. The lowest BCUT2D eigenvalue weighted by Gasteiger charge is -2.21. The van der Waals surface area contributed by atoms with Crippen molar-refractivity contribution in [1.29, 1.82) is 0 Å². The third-order valence-electron chi connectivity index (χ3n) is 3.47. The quantitative estimate of drug-likeness (QED) is 0.633. The van der Waals surface area contributed by atoms with Crippen molar-refractivity contribution in [2.45, 2.75) is 18.0 Å². The van der Waals surface area contributed by atoms with Crippen LogP contribution < -0.4 is 0 Å². The number of hydrogen-bond acceptors (Lipinski definition) is 7. The first-order valence-electron chi connectivity index (χ1n) is 6.03. The zero-order chi connectivity index (χ0) is 13.0. The van der Waals surface area contributed by atoms with Gasteiger partial charge in [0, 0.05) is 18.0 Å². The van der Waals surface area contributed by atoms with Gasteiger partial charge in [-0.1, -0.05) is 0 Å². The van der Waals surface area contributed by atoms with Gasteiger partial charge in [0.1, 0.15) is 15.4 Å². The van der Waals surface area contributed by atoms with Gasteiger partial charge in [0.15, 0.2) is 0 Å². The van der Waals surface area contributed by atoms with E-state index in [4.69, 9.17) is 4.98 Å². The van der Waals surface area contributed by atoms with Gasteiger partial charge < -0.3 is 4.90 Å². The van der Waals surface area contributed by atoms with Crippen LogP contribution in [0.2, 0.25) is 0 Å². The van der Waals surface area contributed by atoms with E-state index >= 15 is 0 Å². The first kappa shape index (κ1) is 11.6. The van der Waals surface area contributed by atoms with Crippen LogP contribution in [0.1, 0.15) is 10.4 Å². The van der Waals surface area contributed by atoms with Gasteiger partial charge >= 0.3 is 0 Å². The highest BCUT2D eigenvalue weighted by atomic mass is 32.2. The Morgan fingerprint density at radius 1 is 1.37 bits per heavy atom. The summed E-state index contributed by atoms with van der Waals surface area (Å²) in [7, 11) is 2.15. The Morgan fingerprint density at radius 3 is 3.11 bits per heavy atom. The molecule has 0 saturated carbocycles. The first-order chi connectivity index (χ1) is 9.28. The molecule has 4 rings (SSSR count). The number of fused-ring (bicyclic) bond motifs is 5. The van der Waals surface area contributed by atoms with Gasteiger partial charge in [-0.05, 0) is 35.7 Å². The van der Waals surface area contributed by atoms with Crippen LogP contribution in [0.15, 0.2) is 5.03 Å². The fourth-order valence-electron chi connectivity index (χ4n) is 2.54. The topological polar surface area (TPSA) is 59.2 Å². The molecule has 0 aromatic carbocycles. The monoisotopic (exact) mass is 292 g/mol. The van der Waals surface area contributed by atoms with E-state index in [0.717, 1.165) is 40.5 Å². The average Bonchev–Trinajstić information content (AvgIpc) is 2.99.